The van der Waals surface area contributed by atoms with Crippen molar-refractivity contribution in [3.05, 3.63) is 0 Å². The topological polar surface area (TPSA) is 43.1 Å². The van der Waals surface area contributed by atoms with Gasteiger partial charge in [0.15, 0.2) is 0 Å². The van der Waals surface area contributed by atoms with E-state index in [0.29, 0.717) is 0 Å². The van der Waals surface area contributed by atoms with Gasteiger partial charge in [0.1, 0.15) is 5.25 Å². The highest BCUT2D eigenvalue weighted by atomic mass is 32.2. The summed E-state index contributed by atoms with van der Waals surface area (Å²) < 4.78 is 48.9. The fourth-order valence-corrected chi connectivity index (χ4v) is 2.84. The van der Waals surface area contributed by atoms with Crippen molar-refractivity contribution in [2.45, 2.75) is 38.1 Å². The molecule has 0 fully saturated rings. The van der Waals surface area contributed by atoms with Crippen LogP contribution in [0.4, 0.5) is 13.2 Å². The fraction of sp³-hybridized carbons (Fsp3) is 1.00. The molecule has 92 valence electrons. The molecule has 0 radical (unpaired) electrons. The van der Waals surface area contributed by atoms with Gasteiger partial charge >= 0.3 is 6.18 Å². The molecule has 0 aliphatic rings. The third-order valence-electron chi connectivity index (χ3n) is 2.26. The number of hydrogen-bond donors (Lipinski definition) is 1. The molecule has 0 saturated heterocycles. The van der Waals surface area contributed by atoms with Gasteiger partial charge in [0.05, 0.1) is 0 Å². The lowest BCUT2D eigenvalue weighted by atomic mass is 10.2. The van der Waals surface area contributed by atoms with Crippen molar-refractivity contribution in [1.82, 2.24) is 0 Å². The van der Waals surface area contributed by atoms with Crippen LogP contribution in [0.3, 0.4) is 0 Å². The van der Waals surface area contributed by atoms with E-state index in [4.69, 9.17) is 5.73 Å². The second kappa shape index (κ2) is 6.48. The molecule has 2 nitrogen and oxygen atoms in total. The maximum absolute atomic E-state index is 12.5. The molecular weight excluding hydrogens is 227 g/mol. The van der Waals surface area contributed by atoms with Crippen molar-refractivity contribution in [3.63, 3.8) is 0 Å². The third kappa shape index (κ3) is 5.51. The molecule has 0 aromatic carbocycles. The van der Waals surface area contributed by atoms with Crippen molar-refractivity contribution in [1.29, 1.82) is 0 Å². The summed E-state index contributed by atoms with van der Waals surface area (Å²) in [5, 5.41) is -1.77. The Kier molecular flexibility index (Phi) is 6.43. The number of rotatable bonds is 6. The van der Waals surface area contributed by atoms with E-state index in [1.54, 1.807) is 6.92 Å². The minimum Gasteiger partial charge on any atom is -0.330 e. The molecule has 3 unspecified atom stereocenters. The van der Waals surface area contributed by atoms with E-state index in [2.05, 4.69) is 0 Å². The van der Waals surface area contributed by atoms with Crippen LogP contribution in [-0.2, 0) is 10.8 Å². The molecule has 0 spiro atoms. The summed E-state index contributed by atoms with van der Waals surface area (Å²) in [6, 6.07) is 0. The number of halogens is 3. The van der Waals surface area contributed by atoms with E-state index >= 15 is 0 Å². The van der Waals surface area contributed by atoms with Crippen molar-refractivity contribution >= 4 is 10.8 Å². The lowest BCUT2D eigenvalue weighted by Gasteiger charge is -2.20. The minimum atomic E-state index is -4.41. The molecular formula is C9H18F3NOS. The van der Waals surface area contributed by atoms with Gasteiger partial charge in [-0.15, -0.1) is 0 Å². The zero-order valence-electron chi connectivity index (χ0n) is 9.01. The van der Waals surface area contributed by atoms with E-state index < -0.39 is 22.2 Å². The van der Waals surface area contributed by atoms with Crippen molar-refractivity contribution < 1.29 is 17.4 Å². The number of alkyl halides is 3. The molecule has 0 aromatic rings. The molecule has 0 bridgehead atoms. The smallest absolute Gasteiger partial charge is 0.330 e. The first-order valence-corrected chi connectivity index (χ1v) is 6.35. The Labute approximate surface area is 90.9 Å². The van der Waals surface area contributed by atoms with Crippen LogP contribution < -0.4 is 5.73 Å². The van der Waals surface area contributed by atoms with Crippen LogP contribution >= 0.6 is 0 Å². The highest BCUT2D eigenvalue weighted by Crippen LogP contribution is 2.27. The molecule has 0 aliphatic heterocycles. The molecule has 2 N–H and O–H groups in total. The SMILES string of the molecule is CCC(C)CS(=O)C(CCN)C(F)(F)F. The Balaban J connectivity index is 4.43. The summed E-state index contributed by atoms with van der Waals surface area (Å²) in [4.78, 5) is 0. The van der Waals surface area contributed by atoms with Crippen LogP contribution in [0.1, 0.15) is 26.7 Å². The van der Waals surface area contributed by atoms with Crippen LogP contribution in [0.2, 0.25) is 0 Å². The average molecular weight is 245 g/mol. The highest BCUT2D eigenvalue weighted by molar-refractivity contribution is 7.85. The van der Waals surface area contributed by atoms with Gasteiger partial charge in [-0.05, 0) is 18.9 Å². The summed E-state index contributed by atoms with van der Waals surface area (Å²) in [5.74, 6) is 0.147. The molecule has 0 aliphatic carbocycles. The first kappa shape index (κ1) is 14.9. The molecule has 0 saturated carbocycles. The Bertz CT molecular complexity index is 208. The standard InChI is InChI=1S/C9H18F3NOS/c1-3-7(2)6-15(14)8(4-5-13)9(10,11)12/h7-8H,3-6,13H2,1-2H3. The van der Waals surface area contributed by atoms with Crippen LogP contribution in [0, 0.1) is 5.92 Å². The average Bonchev–Trinajstić information content (AvgIpc) is 2.11. The van der Waals surface area contributed by atoms with E-state index in [1.165, 1.54) is 0 Å². The van der Waals surface area contributed by atoms with E-state index in [9.17, 15) is 17.4 Å². The van der Waals surface area contributed by atoms with E-state index in [-0.39, 0.29) is 24.6 Å². The second-order valence-corrected chi connectivity index (χ2v) is 5.33. The number of nitrogens with two attached hydrogens (primary N) is 1. The molecule has 6 heteroatoms. The molecule has 0 heterocycles. The van der Waals surface area contributed by atoms with Gasteiger partial charge in [0, 0.05) is 16.6 Å². The Morgan fingerprint density at radius 3 is 2.27 bits per heavy atom. The third-order valence-corrected chi connectivity index (χ3v) is 4.29. The molecule has 3 atom stereocenters. The van der Waals surface area contributed by atoms with Crippen LogP contribution in [-0.4, -0.2) is 27.9 Å². The Hall–Kier alpha value is -0.100. The zero-order valence-corrected chi connectivity index (χ0v) is 9.83. The van der Waals surface area contributed by atoms with Gasteiger partial charge in [-0.3, -0.25) is 4.21 Å². The fourth-order valence-electron chi connectivity index (χ4n) is 1.11. The summed E-state index contributed by atoms with van der Waals surface area (Å²) in [7, 11) is -1.86. The Morgan fingerprint density at radius 2 is 1.93 bits per heavy atom. The molecule has 0 amide bonds. The van der Waals surface area contributed by atoms with Crippen LogP contribution in [0.5, 0.6) is 0 Å². The zero-order chi connectivity index (χ0) is 12.1. The maximum Gasteiger partial charge on any atom is 0.403 e. The van der Waals surface area contributed by atoms with Gasteiger partial charge in [0.2, 0.25) is 0 Å². The maximum atomic E-state index is 12.5. The molecule has 15 heavy (non-hydrogen) atoms. The van der Waals surface area contributed by atoms with Gasteiger partial charge in [-0.1, -0.05) is 20.3 Å². The van der Waals surface area contributed by atoms with Gasteiger partial charge in [-0.25, -0.2) is 0 Å². The van der Waals surface area contributed by atoms with Gasteiger partial charge in [0.25, 0.3) is 0 Å². The predicted octanol–water partition coefficient (Wildman–Crippen LogP) is 2.06. The van der Waals surface area contributed by atoms with E-state index in [0.717, 1.165) is 6.42 Å². The lowest BCUT2D eigenvalue weighted by Crippen LogP contribution is -2.37. The van der Waals surface area contributed by atoms with Crippen molar-refractivity contribution in [2.75, 3.05) is 12.3 Å². The summed E-state index contributed by atoms with van der Waals surface area (Å²) in [6.45, 7) is 3.58. The van der Waals surface area contributed by atoms with Crippen molar-refractivity contribution in [2.24, 2.45) is 11.7 Å². The van der Waals surface area contributed by atoms with Gasteiger partial charge < -0.3 is 5.73 Å². The molecule has 0 aromatic heterocycles. The predicted molar refractivity (Wildman–Crippen MR) is 56.0 cm³/mol. The summed E-state index contributed by atoms with van der Waals surface area (Å²) >= 11 is 0. The minimum absolute atomic E-state index is 0.0495. The van der Waals surface area contributed by atoms with Crippen molar-refractivity contribution in [3.8, 4) is 0 Å². The van der Waals surface area contributed by atoms with Crippen LogP contribution in [0.25, 0.3) is 0 Å². The quantitative estimate of drug-likeness (QED) is 0.778. The van der Waals surface area contributed by atoms with Crippen LogP contribution in [0.15, 0.2) is 0 Å². The van der Waals surface area contributed by atoms with Gasteiger partial charge in [-0.2, -0.15) is 13.2 Å². The van der Waals surface area contributed by atoms with E-state index in [1.807, 2.05) is 6.92 Å². The monoisotopic (exact) mass is 245 g/mol. The Morgan fingerprint density at radius 1 is 1.40 bits per heavy atom. The first-order chi connectivity index (χ1) is 6.82. The normalized spacial score (nSPS) is 18.5. The first-order valence-electron chi connectivity index (χ1n) is 4.96. The summed E-state index contributed by atoms with van der Waals surface area (Å²) in [5.41, 5.74) is 5.09. The summed E-state index contributed by atoms with van der Waals surface area (Å²) in [6.07, 6.45) is -3.93. The second-order valence-electron chi connectivity index (χ2n) is 3.67. The largest absolute Gasteiger partial charge is 0.403 e. The number of hydrogen-bond acceptors (Lipinski definition) is 2. The molecule has 0 rings (SSSR count). The lowest BCUT2D eigenvalue weighted by molar-refractivity contribution is -0.130. The highest BCUT2D eigenvalue weighted by Gasteiger charge is 2.43.